The van der Waals surface area contributed by atoms with Crippen molar-refractivity contribution >= 4 is 12.4 Å². The van der Waals surface area contributed by atoms with Gasteiger partial charge in [-0.1, -0.05) is 12.2 Å². The average Bonchev–Trinajstić information content (AvgIpc) is 2.68. The topological polar surface area (TPSA) is 64.0 Å². The maximum absolute atomic E-state index is 4.34. The van der Waals surface area contributed by atoms with Gasteiger partial charge in [0.25, 0.3) is 0 Å². The van der Waals surface area contributed by atoms with Gasteiger partial charge in [0, 0.05) is 70.0 Å². The molecule has 0 atom stereocenters. The molecule has 0 unspecified atom stereocenters. The molecule has 6 heteroatoms. The van der Waals surface area contributed by atoms with E-state index in [9.17, 15) is 0 Å². The van der Waals surface area contributed by atoms with Gasteiger partial charge in [0.1, 0.15) is 0 Å². The molecule has 0 bridgehead atoms. The van der Waals surface area contributed by atoms with Crippen molar-refractivity contribution in [3.8, 4) is 0 Å². The number of piperazine rings is 1. The minimum atomic E-state index is 0.810. The van der Waals surface area contributed by atoms with Gasteiger partial charge < -0.3 is 20.9 Å². The van der Waals surface area contributed by atoms with Crippen molar-refractivity contribution in [1.82, 2.24) is 20.9 Å². The lowest BCUT2D eigenvalue weighted by atomic mass is 10.1. The molecule has 0 aromatic rings. The van der Waals surface area contributed by atoms with Crippen LogP contribution in [0.5, 0.6) is 0 Å². The maximum atomic E-state index is 4.34. The summed E-state index contributed by atoms with van der Waals surface area (Å²) >= 11 is 0. The molecule has 25 heavy (non-hydrogen) atoms. The molecule has 0 amide bonds. The van der Waals surface area contributed by atoms with Crippen molar-refractivity contribution in [2.24, 2.45) is 9.98 Å². The number of nitrogens with zero attached hydrogens (tertiary/aromatic N) is 3. The van der Waals surface area contributed by atoms with Gasteiger partial charge in [-0.15, -0.1) is 0 Å². The zero-order chi connectivity index (χ0) is 17.3. The summed E-state index contributed by atoms with van der Waals surface area (Å²) in [5.41, 5.74) is 4.78. The highest BCUT2D eigenvalue weighted by atomic mass is 15.2. The standard InChI is InChI=1S/C19H26N6/c1-20-8-9-23-17-4-2-16(3-5-17)14-24-18-15-22-7-6-19(18)25-12-10-21-11-13-25/h2-4,6,8-9,15,21-22,24H,1,5,7,10-14H2/b9-8-,23-17?. The van der Waals surface area contributed by atoms with Crippen LogP contribution in [0.3, 0.4) is 0 Å². The predicted molar refractivity (Wildman–Crippen MR) is 105 cm³/mol. The van der Waals surface area contributed by atoms with Crippen molar-refractivity contribution in [3.63, 3.8) is 0 Å². The SMILES string of the molecule is C=N/C=C\N=C1C=CC(CNC2=CNCC=C2N2CCNCC2)=CC1. The molecule has 1 saturated heterocycles. The van der Waals surface area contributed by atoms with Crippen LogP contribution in [-0.4, -0.2) is 56.6 Å². The second-order valence-corrected chi connectivity index (χ2v) is 6.06. The highest BCUT2D eigenvalue weighted by Gasteiger charge is 2.18. The largest absolute Gasteiger partial charge is 0.386 e. The van der Waals surface area contributed by atoms with Crippen LogP contribution >= 0.6 is 0 Å². The fourth-order valence-electron chi connectivity index (χ4n) is 3.02. The number of aliphatic imine (C=N–C) groups is 2. The number of dihydropyridines is 1. The minimum Gasteiger partial charge on any atom is -0.386 e. The van der Waals surface area contributed by atoms with Crippen LogP contribution in [0.4, 0.5) is 0 Å². The monoisotopic (exact) mass is 338 g/mol. The molecule has 1 fully saturated rings. The van der Waals surface area contributed by atoms with Crippen LogP contribution < -0.4 is 16.0 Å². The van der Waals surface area contributed by atoms with Crippen LogP contribution in [0.15, 0.2) is 69.9 Å². The zero-order valence-electron chi connectivity index (χ0n) is 14.5. The van der Waals surface area contributed by atoms with Crippen molar-refractivity contribution in [1.29, 1.82) is 0 Å². The summed E-state index contributed by atoms with van der Waals surface area (Å²) in [7, 11) is 0. The average molecular weight is 338 g/mol. The van der Waals surface area contributed by atoms with E-state index < -0.39 is 0 Å². The number of hydrogen-bond acceptors (Lipinski definition) is 6. The van der Waals surface area contributed by atoms with Crippen molar-refractivity contribution in [3.05, 3.63) is 59.9 Å². The molecule has 6 nitrogen and oxygen atoms in total. The molecule has 0 saturated carbocycles. The summed E-state index contributed by atoms with van der Waals surface area (Å²) in [6, 6.07) is 0. The Morgan fingerprint density at radius 2 is 2.08 bits per heavy atom. The molecular formula is C19H26N6. The molecule has 3 rings (SSSR count). The Morgan fingerprint density at radius 1 is 1.20 bits per heavy atom. The van der Waals surface area contributed by atoms with E-state index in [0.717, 1.165) is 51.4 Å². The molecule has 1 aliphatic carbocycles. The predicted octanol–water partition coefficient (Wildman–Crippen LogP) is 1.31. The van der Waals surface area contributed by atoms with Crippen LogP contribution in [0, 0.1) is 0 Å². The molecule has 0 radical (unpaired) electrons. The lowest BCUT2D eigenvalue weighted by Gasteiger charge is -2.34. The molecule has 0 aromatic carbocycles. The molecule has 2 heterocycles. The summed E-state index contributed by atoms with van der Waals surface area (Å²) in [6.45, 7) is 9.30. The third-order valence-electron chi connectivity index (χ3n) is 4.35. The van der Waals surface area contributed by atoms with E-state index in [-0.39, 0.29) is 0 Å². The minimum absolute atomic E-state index is 0.810. The quantitative estimate of drug-likeness (QED) is 0.639. The third-order valence-corrected chi connectivity index (χ3v) is 4.35. The van der Waals surface area contributed by atoms with E-state index in [2.05, 4.69) is 68.1 Å². The summed E-state index contributed by atoms with van der Waals surface area (Å²) in [6.07, 6.45) is 14.9. The highest BCUT2D eigenvalue weighted by molar-refractivity contribution is 5.98. The van der Waals surface area contributed by atoms with Gasteiger partial charge in [-0.3, -0.25) is 9.98 Å². The van der Waals surface area contributed by atoms with Gasteiger partial charge in [-0.2, -0.15) is 0 Å². The fraction of sp³-hybridized carbons (Fsp3) is 0.368. The Morgan fingerprint density at radius 3 is 2.84 bits per heavy atom. The van der Waals surface area contributed by atoms with Crippen molar-refractivity contribution in [2.45, 2.75) is 6.42 Å². The number of hydrogen-bond donors (Lipinski definition) is 3. The van der Waals surface area contributed by atoms with Gasteiger partial charge in [0.05, 0.1) is 11.4 Å². The number of rotatable bonds is 6. The first-order chi connectivity index (χ1) is 12.4. The lowest BCUT2D eigenvalue weighted by Crippen LogP contribution is -2.45. The summed E-state index contributed by atoms with van der Waals surface area (Å²) in [5, 5.41) is 10.3. The lowest BCUT2D eigenvalue weighted by molar-refractivity contribution is 0.299. The third kappa shape index (κ3) is 4.93. The second kappa shape index (κ2) is 9.03. The van der Waals surface area contributed by atoms with Gasteiger partial charge in [-0.25, -0.2) is 0 Å². The first-order valence-electron chi connectivity index (χ1n) is 8.75. The smallest absolute Gasteiger partial charge is 0.0737 e. The first kappa shape index (κ1) is 17.2. The molecule has 0 aromatic heterocycles. The molecular weight excluding hydrogens is 312 g/mol. The number of nitrogens with one attached hydrogen (secondary N) is 3. The molecule has 132 valence electrons. The zero-order valence-corrected chi connectivity index (χ0v) is 14.5. The van der Waals surface area contributed by atoms with Gasteiger partial charge in [-0.05, 0) is 24.4 Å². The van der Waals surface area contributed by atoms with E-state index in [0.29, 0.717) is 0 Å². The molecule has 0 spiro atoms. The van der Waals surface area contributed by atoms with E-state index in [4.69, 9.17) is 0 Å². The number of allylic oxidation sites excluding steroid dienone is 2. The normalized spacial score (nSPS) is 22.3. The van der Waals surface area contributed by atoms with Crippen LogP contribution in [0.25, 0.3) is 0 Å². The molecule has 3 N–H and O–H groups in total. The molecule has 2 aliphatic heterocycles. The summed E-state index contributed by atoms with van der Waals surface area (Å²) < 4.78 is 0. The summed E-state index contributed by atoms with van der Waals surface area (Å²) in [4.78, 5) is 10.4. The molecule has 3 aliphatic rings. The van der Waals surface area contributed by atoms with E-state index in [1.54, 1.807) is 12.4 Å². The van der Waals surface area contributed by atoms with Gasteiger partial charge in [0.2, 0.25) is 0 Å². The van der Waals surface area contributed by atoms with E-state index in [1.807, 2.05) is 0 Å². The second-order valence-electron chi connectivity index (χ2n) is 6.06. The van der Waals surface area contributed by atoms with Gasteiger partial charge >= 0.3 is 0 Å². The highest BCUT2D eigenvalue weighted by Crippen LogP contribution is 2.17. The Labute approximate surface area is 149 Å². The fourth-order valence-corrected chi connectivity index (χ4v) is 3.02. The summed E-state index contributed by atoms with van der Waals surface area (Å²) in [5.74, 6) is 0. The first-order valence-corrected chi connectivity index (χ1v) is 8.75. The van der Waals surface area contributed by atoms with Crippen molar-refractivity contribution < 1.29 is 0 Å². The van der Waals surface area contributed by atoms with Crippen LogP contribution in [0.2, 0.25) is 0 Å². The van der Waals surface area contributed by atoms with Crippen LogP contribution in [0.1, 0.15) is 6.42 Å². The van der Waals surface area contributed by atoms with Crippen LogP contribution in [-0.2, 0) is 0 Å². The Bertz CT molecular complexity index is 659. The van der Waals surface area contributed by atoms with Crippen molar-refractivity contribution in [2.75, 3.05) is 39.3 Å². The van der Waals surface area contributed by atoms with Gasteiger partial charge in [0.15, 0.2) is 0 Å². The Hall–Kier alpha value is -2.60. The maximum Gasteiger partial charge on any atom is 0.0737 e. The Kier molecular flexibility index (Phi) is 6.23. The Balaban J connectivity index is 1.54. The van der Waals surface area contributed by atoms with E-state index >= 15 is 0 Å². The van der Waals surface area contributed by atoms with E-state index in [1.165, 1.54) is 17.0 Å².